The number of anilines is 1. The average molecular weight is 481 g/mol. The van der Waals surface area contributed by atoms with Gasteiger partial charge in [-0.05, 0) is 62.6 Å². The molecule has 0 bridgehead atoms. The lowest BCUT2D eigenvalue weighted by Crippen LogP contribution is -2.40. The number of ether oxygens (including phenoxy) is 3. The van der Waals surface area contributed by atoms with Gasteiger partial charge in [0.15, 0.2) is 5.75 Å². The molecule has 32 heavy (non-hydrogen) atoms. The zero-order chi connectivity index (χ0) is 23.1. The molecule has 0 spiro atoms. The number of benzene rings is 2. The van der Waals surface area contributed by atoms with Crippen LogP contribution in [0, 0.1) is 0 Å². The third-order valence-corrected chi connectivity index (χ3v) is 7.72. The Morgan fingerprint density at radius 1 is 1.16 bits per heavy atom. The smallest absolute Gasteiger partial charge is 0.243 e. The Kier molecular flexibility index (Phi) is 8.41. The van der Waals surface area contributed by atoms with E-state index in [1.165, 1.54) is 28.2 Å². The molecule has 2 aromatic carbocycles. The van der Waals surface area contributed by atoms with E-state index in [0.717, 1.165) is 0 Å². The molecule has 1 amide bonds. The van der Waals surface area contributed by atoms with Crippen molar-refractivity contribution < 1.29 is 27.4 Å². The van der Waals surface area contributed by atoms with Crippen LogP contribution in [0.5, 0.6) is 17.2 Å². The fourth-order valence-corrected chi connectivity index (χ4v) is 4.74. The van der Waals surface area contributed by atoms with Crippen molar-refractivity contribution >= 4 is 33.4 Å². The predicted octanol–water partition coefficient (Wildman–Crippen LogP) is 3.59. The van der Waals surface area contributed by atoms with Crippen LogP contribution in [0.15, 0.2) is 47.4 Å². The molecule has 1 atom stereocenters. The van der Waals surface area contributed by atoms with Gasteiger partial charge in [0.25, 0.3) is 0 Å². The molecule has 1 saturated heterocycles. The first-order valence-electron chi connectivity index (χ1n) is 10.3. The van der Waals surface area contributed by atoms with Crippen LogP contribution in [0.4, 0.5) is 5.69 Å². The van der Waals surface area contributed by atoms with Crippen LogP contribution in [0.2, 0.25) is 0 Å². The minimum absolute atomic E-state index is 0.0885. The van der Waals surface area contributed by atoms with E-state index in [0.29, 0.717) is 42.8 Å². The van der Waals surface area contributed by atoms with Gasteiger partial charge in [-0.25, -0.2) is 8.42 Å². The minimum atomic E-state index is -3.72. The molecule has 0 aromatic heterocycles. The van der Waals surface area contributed by atoms with Crippen LogP contribution in [-0.4, -0.2) is 63.0 Å². The molecule has 0 saturated carbocycles. The number of carbonyl (C=O) groups excluding carboxylic acids is 1. The summed E-state index contributed by atoms with van der Waals surface area (Å²) < 4.78 is 44.2. The second-order valence-corrected chi connectivity index (χ2v) is 10.2. The summed E-state index contributed by atoms with van der Waals surface area (Å²) in [6.45, 7) is 5.53. The molecule has 10 heteroatoms. The van der Waals surface area contributed by atoms with Crippen LogP contribution in [0.1, 0.15) is 13.8 Å². The summed E-state index contributed by atoms with van der Waals surface area (Å²) >= 11 is 1.39. The summed E-state index contributed by atoms with van der Waals surface area (Å²) in [6, 6.07) is 11.6. The van der Waals surface area contributed by atoms with E-state index in [2.05, 4.69) is 5.32 Å². The SMILES string of the molecule is CCOc1ccc(Oc2ccc(S(=O)(=O)N3CCOCC3)cc2NC(=O)C(C)SC)cc1. The van der Waals surface area contributed by atoms with Crippen molar-refractivity contribution in [3.8, 4) is 17.2 Å². The second-order valence-electron chi connectivity index (χ2n) is 7.05. The summed E-state index contributed by atoms with van der Waals surface area (Å²) in [5.74, 6) is 1.35. The molecule has 1 aliphatic rings. The van der Waals surface area contributed by atoms with Gasteiger partial charge in [-0.3, -0.25) is 4.79 Å². The molecular weight excluding hydrogens is 452 g/mol. The number of nitrogens with one attached hydrogen (secondary N) is 1. The van der Waals surface area contributed by atoms with Crippen LogP contribution < -0.4 is 14.8 Å². The fraction of sp³-hybridized carbons (Fsp3) is 0.409. The summed E-state index contributed by atoms with van der Waals surface area (Å²) in [5.41, 5.74) is 0.291. The molecule has 1 unspecified atom stereocenters. The van der Waals surface area contributed by atoms with Crippen molar-refractivity contribution in [3.05, 3.63) is 42.5 Å². The van der Waals surface area contributed by atoms with Crippen LogP contribution in [0.25, 0.3) is 0 Å². The summed E-state index contributed by atoms with van der Waals surface area (Å²) in [4.78, 5) is 12.6. The number of nitrogens with zero attached hydrogens (tertiary/aromatic N) is 1. The van der Waals surface area contributed by atoms with Crippen LogP contribution >= 0.6 is 11.8 Å². The zero-order valence-electron chi connectivity index (χ0n) is 18.4. The lowest BCUT2D eigenvalue weighted by molar-refractivity contribution is -0.115. The zero-order valence-corrected chi connectivity index (χ0v) is 20.0. The first-order chi connectivity index (χ1) is 15.3. The Morgan fingerprint density at radius 2 is 1.81 bits per heavy atom. The van der Waals surface area contributed by atoms with Crippen LogP contribution in [-0.2, 0) is 19.6 Å². The first-order valence-corrected chi connectivity index (χ1v) is 13.0. The number of hydrogen-bond donors (Lipinski definition) is 1. The number of morpholine rings is 1. The minimum Gasteiger partial charge on any atom is -0.494 e. The van der Waals surface area contributed by atoms with E-state index < -0.39 is 10.0 Å². The van der Waals surface area contributed by atoms with Gasteiger partial charge in [0.05, 0.1) is 35.7 Å². The number of sulfonamides is 1. The normalized spacial score (nSPS) is 15.7. The largest absolute Gasteiger partial charge is 0.494 e. The molecule has 1 fully saturated rings. The highest BCUT2D eigenvalue weighted by Crippen LogP contribution is 2.34. The average Bonchev–Trinajstić information content (AvgIpc) is 2.81. The lowest BCUT2D eigenvalue weighted by Gasteiger charge is -2.26. The third kappa shape index (κ3) is 5.94. The number of rotatable bonds is 9. The summed E-state index contributed by atoms with van der Waals surface area (Å²) in [5, 5.41) is 2.50. The van der Waals surface area contributed by atoms with Crippen molar-refractivity contribution in [2.45, 2.75) is 24.0 Å². The Labute approximate surface area is 193 Å². The van der Waals surface area contributed by atoms with E-state index >= 15 is 0 Å². The third-order valence-electron chi connectivity index (χ3n) is 4.90. The van der Waals surface area contributed by atoms with Gasteiger partial charge in [0.1, 0.15) is 11.5 Å². The highest BCUT2D eigenvalue weighted by molar-refractivity contribution is 7.99. The maximum Gasteiger partial charge on any atom is 0.243 e. The van der Waals surface area contributed by atoms with Gasteiger partial charge < -0.3 is 19.5 Å². The highest BCUT2D eigenvalue weighted by atomic mass is 32.2. The summed E-state index contributed by atoms with van der Waals surface area (Å²) in [6.07, 6.45) is 1.83. The maximum atomic E-state index is 13.1. The number of amides is 1. The Balaban J connectivity index is 1.92. The van der Waals surface area contributed by atoms with Crippen molar-refractivity contribution in [3.63, 3.8) is 0 Å². The molecule has 0 aliphatic carbocycles. The lowest BCUT2D eigenvalue weighted by atomic mass is 10.2. The highest BCUT2D eigenvalue weighted by Gasteiger charge is 2.27. The van der Waals surface area contributed by atoms with Crippen molar-refractivity contribution in [2.75, 3.05) is 44.5 Å². The molecule has 1 aliphatic heterocycles. The monoisotopic (exact) mass is 480 g/mol. The van der Waals surface area contributed by atoms with E-state index in [-0.39, 0.29) is 29.1 Å². The molecule has 1 N–H and O–H groups in total. The van der Waals surface area contributed by atoms with Crippen molar-refractivity contribution in [2.24, 2.45) is 0 Å². The van der Waals surface area contributed by atoms with E-state index in [9.17, 15) is 13.2 Å². The van der Waals surface area contributed by atoms with E-state index in [4.69, 9.17) is 14.2 Å². The quantitative estimate of drug-likeness (QED) is 0.586. The first kappa shape index (κ1) is 24.4. The van der Waals surface area contributed by atoms with E-state index in [1.54, 1.807) is 37.3 Å². The van der Waals surface area contributed by atoms with Crippen LogP contribution in [0.3, 0.4) is 0 Å². The molecule has 8 nitrogen and oxygen atoms in total. The van der Waals surface area contributed by atoms with Gasteiger partial charge in [-0.15, -0.1) is 0 Å². The van der Waals surface area contributed by atoms with Crippen molar-refractivity contribution in [1.29, 1.82) is 0 Å². The number of hydrogen-bond acceptors (Lipinski definition) is 7. The number of thioether (sulfide) groups is 1. The van der Waals surface area contributed by atoms with Gasteiger partial charge in [0, 0.05) is 13.1 Å². The predicted molar refractivity (Wildman–Crippen MR) is 125 cm³/mol. The molecule has 3 rings (SSSR count). The summed E-state index contributed by atoms with van der Waals surface area (Å²) in [7, 11) is -3.72. The molecule has 2 aromatic rings. The Morgan fingerprint density at radius 3 is 2.44 bits per heavy atom. The fourth-order valence-electron chi connectivity index (χ4n) is 3.03. The van der Waals surface area contributed by atoms with E-state index in [1.807, 2.05) is 13.2 Å². The second kappa shape index (κ2) is 11.0. The van der Waals surface area contributed by atoms with Gasteiger partial charge in [-0.1, -0.05) is 0 Å². The molecule has 0 radical (unpaired) electrons. The van der Waals surface area contributed by atoms with Gasteiger partial charge in [0.2, 0.25) is 15.9 Å². The Hall–Kier alpha value is -2.27. The standard InChI is InChI=1S/C22H28N2O6S2/c1-4-29-17-5-7-18(8-6-17)30-21-10-9-19(15-20(21)23-22(25)16(2)31-3)32(26,27)24-11-13-28-14-12-24/h5-10,15-16H,4,11-14H2,1-3H3,(H,23,25). The number of carbonyl (C=O) groups is 1. The topological polar surface area (TPSA) is 94.2 Å². The molecule has 1 heterocycles. The molecular formula is C22H28N2O6S2. The van der Waals surface area contributed by atoms with Gasteiger partial charge in [-0.2, -0.15) is 16.1 Å². The molecule has 174 valence electrons. The Bertz CT molecular complexity index is 1020. The van der Waals surface area contributed by atoms with Gasteiger partial charge >= 0.3 is 0 Å². The maximum absolute atomic E-state index is 13.1. The van der Waals surface area contributed by atoms with Crippen molar-refractivity contribution in [1.82, 2.24) is 4.31 Å².